The molecule has 1 aromatic carbocycles. The summed E-state index contributed by atoms with van der Waals surface area (Å²) in [5, 5.41) is 18.0. The number of piperazine rings is 1. The van der Waals surface area contributed by atoms with Crippen molar-refractivity contribution in [3.8, 4) is 11.5 Å². The van der Waals surface area contributed by atoms with Gasteiger partial charge in [0.2, 0.25) is 11.7 Å². The topological polar surface area (TPSA) is 143 Å². The van der Waals surface area contributed by atoms with Gasteiger partial charge in [-0.15, -0.1) is 0 Å². The molecule has 6 atom stereocenters. The van der Waals surface area contributed by atoms with Crippen LogP contribution in [0, 0.1) is 12.8 Å². The molecule has 3 heterocycles. The first-order valence-corrected chi connectivity index (χ1v) is 13.5. The summed E-state index contributed by atoms with van der Waals surface area (Å²) in [6.07, 6.45) is 1.00. The number of nitrogens with zero attached hydrogens (tertiary/aromatic N) is 1. The average molecular weight is 539 g/mol. The van der Waals surface area contributed by atoms with Crippen molar-refractivity contribution in [1.82, 2.24) is 15.5 Å². The third kappa shape index (κ3) is 4.08. The number of methoxy groups -OCH3 is 2. The monoisotopic (exact) mass is 538 g/mol. The molecule has 5 N–H and O–H groups in total. The number of ether oxygens (including phenoxy) is 2. The van der Waals surface area contributed by atoms with Crippen molar-refractivity contribution in [3.63, 3.8) is 0 Å². The van der Waals surface area contributed by atoms with Gasteiger partial charge in [0.25, 0.3) is 0 Å². The fourth-order valence-electron chi connectivity index (χ4n) is 7.01. The van der Waals surface area contributed by atoms with Crippen LogP contribution in [0.2, 0.25) is 0 Å². The summed E-state index contributed by atoms with van der Waals surface area (Å²) in [6, 6.07) is 0.949. The van der Waals surface area contributed by atoms with E-state index in [1.165, 1.54) is 14.2 Å². The summed E-state index contributed by atoms with van der Waals surface area (Å²) < 4.78 is 10.9. The summed E-state index contributed by atoms with van der Waals surface area (Å²) in [6.45, 7) is 7.74. The van der Waals surface area contributed by atoms with Gasteiger partial charge in [0.1, 0.15) is 0 Å². The molecule has 5 rings (SSSR count). The number of nitrogens with one attached hydrogen (secondary N) is 2. The van der Waals surface area contributed by atoms with Gasteiger partial charge in [0.15, 0.2) is 23.0 Å². The first-order valence-electron chi connectivity index (χ1n) is 13.5. The van der Waals surface area contributed by atoms with Crippen LogP contribution in [0.5, 0.6) is 11.5 Å². The highest BCUT2D eigenvalue weighted by Crippen LogP contribution is 2.50. The lowest BCUT2D eigenvalue weighted by Crippen LogP contribution is -2.70. The van der Waals surface area contributed by atoms with Crippen molar-refractivity contribution in [2.24, 2.45) is 11.7 Å². The Hall–Kier alpha value is -3.21. The highest BCUT2D eigenvalue weighted by molar-refractivity contribution is 6.25. The lowest BCUT2D eigenvalue weighted by atomic mass is 9.70. The fourth-order valence-corrected chi connectivity index (χ4v) is 7.01. The zero-order valence-corrected chi connectivity index (χ0v) is 23.4. The first kappa shape index (κ1) is 27.4. The molecule has 6 unspecified atom stereocenters. The number of aromatic hydroxyl groups is 1. The van der Waals surface area contributed by atoms with Gasteiger partial charge in [-0.2, -0.15) is 0 Å². The Morgan fingerprint density at radius 1 is 1.23 bits per heavy atom. The predicted octanol–water partition coefficient (Wildman–Crippen LogP) is 1.19. The van der Waals surface area contributed by atoms with Crippen LogP contribution >= 0.6 is 0 Å². The minimum Gasteiger partial charge on any atom is -0.504 e. The Kier molecular flexibility index (Phi) is 7.07. The summed E-state index contributed by atoms with van der Waals surface area (Å²) in [5.41, 5.74) is 9.52. The second-order valence-corrected chi connectivity index (χ2v) is 11.2. The molecule has 39 heavy (non-hydrogen) atoms. The van der Waals surface area contributed by atoms with Gasteiger partial charge in [-0.05, 0) is 44.7 Å². The van der Waals surface area contributed by atoms with Crippen LogP contribution in [0.4, 0.5) is 0 Å². The number of ketones is 2. The Labute approximate surface area is 228 Å². The molecule has 1 fully saturated rings. The van der Waals surface area contributed by atoms with Gasteiger partial charge in [-0.1, -0.05) is 13.0 Å². The molecule has 0 aromatic heterocycles. The summed E-state index contributed by atoms with van der Waals surface area (Å²) in [5.74, 6) is -0.547. The van der Waals surface area contributed by atoms with Crippen molar-refractivity contribution in [2.75, 3.05) is 27.3 Å². The van der Waals surface area contributed by atoms with Gasteiger partial charge in [0.05, 0.1) is 26.3 Å². The van der Waals surface area contributed by atoms with Gasteiger partial charge < -0.3 is 30.9 Å². The quantitative estimate of drug-likeness (QED) is 0.393. The van der Waals surface area contributed by atoms with E-state index in [9.17, 15) is 19.5 Å². The number of amides is 1. The minimum absolute atomic E-state index is 0.0304. The number of carbonyl (C=O) groups excluding carboxylic acids is 3. The summed E-state index contributed by atoms with van der Waals surface area (Å²) >= 11 is 0. The van der Waals surface area contributed by atoms with Crippen molar-refractivity contribution in [1.29, 1.82) is 0 Å². The average Bonchev–Trinajstić information content (AvgIpc) is 2.92. The number of rotatable bonds is 6. The normalized spacial score (nSPS) is 28.9. The highest BCUT2D eigenvalue weighted by atomic mass is 16.5. The third-order valence-electron chi connectivity index (χ3n) is 9.05. The van der Waals surface area contributed by atoms with Gasteiger partial charge >= 0.3 is 0 Å². The zero-order valence-electron chi connectivity index (χ0n) is 23.4. The maximum Gasteiger partial charge on any atom is 0.226 e. The van der Waals surface area contributed by atoms with E-state index >= 15 is 0 Å². The van der Waals surface area contributed by atoms with Crippen LogP contribution in [-0.4, -0.2) is 79.0 Å². The molecule has 10 heteroatoms. The van der Waals surface area contributed by atoms with E-state index in [0.29, 0.717) is 29.7 Å². The number of Topliss-reactive ketones (excluding diaryl/α,β-unsaturated/α-hetero) is 2. The Bertz CT molecular complexity index is 1320. The van der Waals surface area contributed by atoms with E-state index in [0.717, 1.165) is 16.7 Å². The number of carbonyl (C=O) groups is 3. The van der Waals surface area contributed by atoms with Crippen LogP contribution in [0.3, 0.4) is 0 Å². The minimum atomic E-state index is -0.555. The van der Waals surface area contributed by atoms with Gasteiger partial charge in [0, 0.05) is 59.4 Å². The molecule has 210 valence electrons. The smallest absolute Gasteiger partial charge is 0.226 e. The largest absolute Gasteiger partial charge is 0.504 e. The van der Waals surface area contributed by atoms with E-state index in [1.54, 1.807) is 13.8 Å². The number of fused-ring (bicyclic) bond motifs is 6. The summed E-state index contributed by atoms with van der Waals surface area (Å²) in [7, 11) is 2.93. The number of aryl methyl sites for hydroxylation is 1. The van der Waals surface area contributed by atoms with Crippen LogP contribution in [0.1, 0.15) is 49.9 Å². The van der Waals surface area contributed by atoms with E-state index in [-0.39, 0.29) is 71.8 Å². The van der Waals surface area contributed by atoms with E-state index < -0.39 is 12.0 Å². The Morgan fingerprint density at radius 2 is 1.95 bits per heavy atom. The van der Waals surface area contributed by atoms with Crippen molar-refractivity contribution >= 4 is 17.5 Å². The number of allylic oxidation sites excluding steroid dienone is 2. The molecule has 3 aliphatic heterocycles. The number of benzene rings is 1. The van der Waals surface area contributed by atoms with E-state index in [1.807, 2.05) is 6.92 Å². The number of phenols is 1. The molecular weight excluding hydrogens is 500 g/mol. The van der Waals surface area contributed by atoms with Crippen LogP contribution in [0.15, 0.2) is 28.5 Å². The Morgan fingerprint density at radius 3 is 2.59 bits per heavy atom. The van der Waals surface area contributed by atoms with Crippen molar-refractivity contribution in [2.45, 2.75) is 70.7 Å². The highest BCUT2D eigenvalue weighted by Gasteiger charge is 2.54. The molecule has 10 nitrogen and oxygen atoms in total. The van der Waals surface area contributed by atoms with Gasteiger partial charge in [-0.3, -0.25) is 19.3 Å². The molecule has 1 amide bonds. The number of nitrogens with two attached hydrogens (primary N) is 1. The predicted molar refractivity (Wildman–Crippen MR) is 144 cm³/mol. The first-order chi connectivity index (χ1) is 18.5. The van der Waals surface area contributed by atoms with Crippen LogP contribution in [0.25, 0.3) is 0 Å². The molecule has 0 radical (unpaired) electrons. The number of phenolic OH excluding ortho intramolecular Hbond substituents is 1. The maximum absolute atomic E-state index is 13.8. The lowest BCUT2D eigenvalue weighted by Gasteiger charge is -2.58. The lowest BCUT2D eigenvalue weighted by molar-refractivity contribution is -0.125. The molecule has 4 aliphatic rings. The zero-order chi connectivity index (χ0) is 28.3. The maximum atomic E-state index is 13.8. The molecule has 0 saturated carbocycles. The molecule has 1 aliphatic carbocycles. The molecule has 2 bridgehead atoms. The fraction of sp³-hybridized carbons (Fsp3) is 0.552. The number of hydrogen-bond acceptors (Lipinski definition) is 9. The standard InChI is InChI=1S/C29H38N4O6/c1-12-7-16-8-18-15(4)33-19(23(32-18)21(16)25(35)27(12)38-5)9-17-22(20(33)11-31-29(37)13(2)10-30)26(36)28(39-6)14(3)24(17)34/h7,13,15,18-20,23,32,35H,8-11,30H2,1-6H3,(H,31,37). The number of hydrogen-bond donors (Lipinski definition) is 4. The van der Waals surface area contributed by atoms with Crippen molar-refractivity contribution in [3.05, 3.63) is 45.2 Å². The van der Waals surface area contributed by atoms with Crippen LogP contribution in [-0.2, 0) is 25.5 Å². The van der Waals surface area contributed by atoms with Crippen molar-refractivity contribution < 1.29 is 29.0 Å². The molecule has 0 spiro atoms. The molecule has 1 aromatic rings. The Balaban J connectivity index is 1.65. The van der Waals surface area contributed by atoms with Crippen LogP contribution < -0.4 is 21.1 Å². The molecular formula is C29H38N4O6. The van der Waals surface area contributed by atoms with Gasteiger partial charge in [-0.25, -0.2) is 0 Å². The summed E-state index contributed by atoms with van der Waals surface area (Å²) in [4.78, 5) is 42.4. The second-order valence-electron chi connectivity index (χ2n) is 11.2. The van der Waals surface area contributed by atoms with E-state index in [2.05, 4.69) is 28.5 Å². The SMILES string of the molecule is COC1=C(C)C(=O)C2=C(C1=O)C(CNC(=O)C(C)CN)N1C(C)C3Cc4cc(C)c(OC)c(O)c4C(N3)C1C2. The molecule has 1 saturated heterocycles. The third-order valence-corrected chi connectivity index (χ3v) is 9.05. The van der Waals surface area contributed by atoms with E-state index in [4.69, 9.17) is 15.2 Å². The second kappa shape index (κ2) is 10.1.